The molecule has 0 spiro atoms. The monoisotopic (exact) mass is 382 g/mol. The van der Waals surface area contributed by atoms with Crippen LogP contribution in [0.5, 0.6) is 5.75 Å². The number of sulfonamides is 1. The second-order valence-corrected chi connectivity index (χ2v) is 7.88. The Labute approximate surface area is 152 Å². The summed E-state index contributed by atoms with van der Waals surface area (Å²) in [6.07, 6.45) is 1.06. The fourth-order valence-electron chi connectivity index (χ4n) is 2.31. The summed E-state index contributed by atoms with van der Waals surface area (Å²) < 4.78 is 30.0. The van der Waals surface area contributed by atoms with E-state index in [1.54, 1.807) is 48.5 Å². The average Bonchev–Trinajstić information content (AvgIpc) is 2.55. The topological polar surface area (TPSA) is 75.7 Å². The summed E-state index contributed by atoms with van der Waals surface area (Å²) in [6.45, 7) is 0. The minimum absolute atomic E-state index is 0.341. The first kappa shape index (κ1) is 19.2. The van der Waals surface area contributed by atoms with E-state index in [9.17, 15) is 13.2 Å². The molecule has 1 N–H and O–H groups in total. The van der Waals surface area contributed by atoms with E-state index in [-0.39, 0.29) is 0 Å². The molecule has 2 aromatic carbocycles. The van der Waals surface area contributed by atoms with E-state index in [4.69, 9.17) is 16.3 Å². The fourth-order valence-corrected chi connectivity index (χ4v) is 3.17. The maximum Gasteiger partial charge on any atom is 0.247 e. The molecule has 0 aliphatic heterocycles. The van der Waals surface area contributed by atoms with Crippen LogP contribution in [0.15, 0.2) is 48.5 Å². The number of anilines is 1. The molecule has 0 heterocycles. The number of halogens is 1. The largest absolute Gasteiger partial charge is 0.495 e. The Kier molecular flexibility index (Phi) is 6.05. The van der Waals surface area contributed by atoms with E-state index in [0.717, 1.165) is 10.6 Å². The third-order valence-electron chi connectivity index (χ3n) is 3.67. The zero-order valence-electron chi connectivity index (χ0n) is 14.1. The normalized spacial score (nSPS) is 12.7. The summed E-state index contributed by atoms with van der Waals surface area (Å²) in [5.41, 5.74) is 1.01. The van der Waals surface area contributed by atoms with Gasteiger partial charge in [-0.25, -0.2) is 8.42 Å². The zero-order chi connectivity index (χ0) is 18.6. The van der Waals surface area contributed by atoms with Crippen molar-refractivity contribution in [2.75, 3.05) is 25.7 Å². The smallest absolute Gasteiger partial charge is 0.247 e. The molecule has 134 valence electrons. The first-order valence-corrected chi connectivity index (χ1v) is 9.59. The van der Waals surface area contributed by atoms with Crippen molar-refractivity contribution in [2.24, 2.45) is 0 Å². The second-order valence-electron chi connectivity index (χ2n) is 5.43. The van der Waals surface area contributed by atoms with Crippen LogP contribution in [0.25, 0.3) is 0 Å². The summed E-state index contributed by atoms with van der Waals surface area (Å²) >= 11 is 6.06. The quantitative estimate of drug-likeness (QED) is 0.833. The molecule has 2 rings (SSSR count). The zero-order valence-corrected chi connectivity index (χ0v) is 15.6. The third kappa shape index (κ3) is 4.72. The molecule has 0 aliphatic rings. The molecule has 0 bridgehead atoms. The highest BCUT2D eigenvalue weighted by Crippen LogP contribution is 2.29. The molecule has 0 fully saturated rings. The van der Waals surface area contributed by atoms with Crippen molar-refractivity contribution >= 4 is 33.2 Å². The van der Waals surface area contributed by atoms with Gasteiger partial charge < -0.3 is 10.1 Å². The maximum absolute atomic E-state index is 12.8. The van der Waals surface area contributed by atoms with Gasteiger partial charge in [0.15, 0.2) is 0 Å². The van der Waals surface area contributed by atoms with Gasteiger partial charge in [-0.3, -0.25) is 4.79 Å². The SMILES string of the molecule is COc1ccc(NC(=O)[C@H](c2ccccc2)N(C)S(C)(=O)=O)cc1Cl. The predicted molar refractivity (Wildman–Crippen MR) is 98.4 cm³/mol. The van der Waals surface area contributed by atoms with Gasteiger partial charge in [0, 0.05) is 12.7 Å². The summed E-state index contributed by atoms with van der Waals surface area (Å²) in [7, 11) is -0.719. The number of likely N-dealkylation sites (N-methyl/N-ethyl adjacent to an activating group) is 1. The summed E-state index contributed by atoms with van der Waals surface area (Å²) in [5.74, 6) is -0.00659. The van der Waals surface area contributed by atoms with Crippen LogP contribution in [0.1, 0.15) is 11.6 Å². The fraction of sp³-hybridized carbons (Fsp3) is 0.235. The van der Waals surface area contributed by atoms with Gasteiger partial charge in [0.2, 0.25) is 15.9 Å². The Bertz CT molecular complexity index is 856. The molecule has 2 aromatic rings. The number of nitrogens with zero attached hydrogens (tertiary/aromatic N) is 1. The highest BCUT2D eigenvalue weighted by atomic mass is 35.5. The van der Waals surface area contributed by atoms with Gasteiger partial charge in [-0.1, -0.05) is 41.9 Å². The van der Waals surface area contributed by atoms with Crippen molar-refractivity contribution in [3.63, 3.8) is 0 Å². The maximum atomic E-state index is 12.8. The average molecular weight is 383 g/mol. The number of carbonyl (C=O) groups excluding carboxylic acids is 1. The molecule has 0 radical (unpaired) electrons. The van der Waals surface area contributed by atoms with Crippen molar-refractivity contribution in [2.45, 2.75) is 6.04 Å². The molecule has 0 aromatic heterocycles. The molecule has 0 saturated heterocycles. The van der Waals surface area contributed by atoms with Gasteiger partial charge in [0.25, 0.3) is 0 Å². The highest BCUT2D eigenvalue weighted by Gasteiger charge is 2.30. The van der Waals surface area contributed by atoms with Gasteiger partial charge >= 0.3 is 0 Å². The van der Waals surface area contributed by atoms with E-state index in [2.05, 4.69) is 5.32 Å². The lowest BCUT2D eigenvalue weighted by atomic mass is 10.1. The second kappa shape index (κ2) is 7.86. The number of nitrogens with one attached hydrogen (secondary N) is 1. The number of benzene rings is 2. The molecule has 8 heteroatoms. The van der Waals surface area contributed by atoms with Gasteiger partial charge in [0.05, 0.1) is 18.4 Å². The van der Waals surface area contributed by atoms with E-state index in [1.807, 2.05) is 0 Å². The molecular formula is C17H19ClN2O4S. The van der Waals surface area contributed by atoms with Crippen molar-refractivity contribution in [3.05, 3.63) is 59.1 Å². The van der Waals surface area contributed by atoms with Crippen molar-refractivity contribution in [1.29, 1.82) is 0 Å². The van der Waals surface area contributed by atoms with Crippen LogP contribution < -0.4 is 10.1 Å². The van der Waals surface area contributed by atoms with Crippen LogP contribution in [0.4, 0.5) is 5.69 Å². The number of ether oxygens (including phenoxy) is 1. The lowest BCUT2D eigenvalue weighted by Gasteiger charge is -2.25. The Morgan fingerprint density at radius 2 is 1.84 bits per heavy atom. The van der Waals surface area contributed by atoms with E-state index < -0.39 is 22.0 Å². The Hall–Kier alpha value is -2.09. The number of hydrogen-bond donors (Lipinski definition) is 1. The molecule has 25 heavy (non-hydrogen) atoms. The number of methoxy groups -OCH3 is 1. The van der Waals surface area contributed by atoms with Crippen LogP contribution in [-0.4, -0.2) is 39.0 Å². The van der Waals surface area contributed by atoms with Gasteiger partial charge in [-0.2, -0.15) is 4.31 Å². The van der Waals surface area contributed by atoms with E-state index in [1.165, 1.54) is 14.2 Å². The van der Waals surface area contributed by atoms with Crippen molar-refractivity contribution in [1.82, 2.24) is 4.31 Å². The van der Waals surface area contributed by atoms with Crippen LogP contribution in [-0.2, 0) is 14.8 Å². The van der Waals surface area contributed by atoms with Crippen molar-refractivity contribution < 1.29 is 17.9 Å². The highest BCUT2D eigenvalue weighted by molar-refractivity contribution is 7.88. The molecule has 0 saturated carbocycles. The molecule has 1 atom stereocenters. The van der Waals surface area contributed by atoms with Gasteiger partial charge in [-0.15, -0.1) is 0 Å². The summed E-state index contributed by atoms with van der Waals surface area (Å²) in [6, 6.07) is 12.5. The number of carbonyl (C=O) groups is 1. The minimum Gasteiger partial charge on any atom is -0.495 e. The third-order valence-corrected chi connectivity index (χ3v) is 5.22. The van der Waals surface area contributed by atoms with Crippen LogP contribution in [0.3, 0.4) is 0 Å². The Morgan fingerprint density at radius 1 is 1.20 bits per heavy atom. The van der Waals surface area contributed by atoms with Crippen LogP contribution in [0, 0.1) is 0 Å². The minimum atomic E-state index is -3.58. The van der Waals surface area contributed by atoms with Crippen molar-refractivity contribution in [3.8, 4) is 5.75 Å². The molecular weight excluding hydrogens is 364 g/mol. The molecule has 0 unspecified atom stereocenters. The van der Waals surface area contributed by atoms with E-state index in [0.29, 0.717) is 22.0 Å². The Morgan fingerprint density at radius 3 is 2.36 bits per heavy atom. The number of amides is 1. The molecule has 1 amide bonds. The van der Waals surface area contributed by atoms with Crippen LogP contribution in [0.2, 0.25) is 5.02 Å². The van der Waals surface area contributed by atoms with E-state index >= 15 is 0 Å². The first-order chi connectivity index (χ1) is 11.7. The summed E-state index contributed by atoms with van der Waals surface area (Å²) in [4.78, 5) is 12.8. The number of rotatable bonds is 6. The predicted octanol–water partition coefficient (Wildman–Crippen LogP) is 2.92. The Balaban J connectivity index is 2.34. The first-order valence-electron chi connectivity index (χ1n) is 7.36. The number of hydrogen-bond acceptors (Lipinski definition) is 4. The van der Waals surface area contributed by atoms with Gasteiger partial charge in [0.1, 0.15) is 11.8 Å². The molecule has 0 aliphatic carbocycles. The lowest BCUT2D eigenvalue weighted by Crippen LogP contribution is -2.38. The van der Waals surface area contributed by atoms with Gasteiger partial charge in [-0.05, 0) is 23.8 Å². The summed E-state index contributed by atoms with van der Waals surface area (Å²) in [5, 5.41) is 3.04. The standard InChI is InChI=1S/C17H19ClN2O4S/c1-20(25(3,22)23)16(12-7-5-4-6-8-12)17(21)19-13-9-10-15(24-2)14(18)11-13/h4-11,16H,1-3H3,(H,19,21)/t16-/m0/s1. The lowest BCUT2D eigenvalue weighted by molar-refractivity contribution is -0.119. The van der Waals surface area contributed by atoms with Crippen LogP contribution >= 0.6 is 11.6 Å². The molecule has 6 nitrogen and oxygen atoms in total.